The van der Waals surface area contributed by atoms with Crippen molar-refractivity contribution in [3.63, 3.8) is 0 Å². The Balaban J connectivity index is 2.01. The Bertz CT molecular complexity index is 431. The molecule has 1 heterocycles. The van der Waals surface area contributed by atoms with Crippen LogP contribution in [0.3, 0.4) is 0 Å². The lowest BCUT2D eigenvalue weighted by molar-refractivity contribution is -0.0690. The average molecular weight is 299 g/mol. The minimum atomic E-state index is -0.342. The van der Waals surface area contributed by atoms with Crippen molar-refractivity contribution in [2.24, 2.45) is 5.41 Å². The fourth-order valence-electron chi connectivity index (χ4n) is 1.89. The van der Waals surface area contributed by atoms with E-state index in [2.05, 4.69) is 26.2 Å². The second-order valence-corrected chi connectivity index (χ2v) is 5.88. The molecule has 1 aliphatic rings. The number of nitrogens with zero attached hydrogens (tertiary/aromatic N) is 1. The van der Waals surface area contributed by atoms with E-state index in [4.69, 9.17) is 0 Å². The summed E-state index contributed by atoms with van der Waals surface area (Å²) in [6, 6.07) is 3.46. The standard InChI is InChI=1S/C12H15BrN2O2/c1-12(2)9(5-10(12)16)15-11(17)8-4-3-7(13)6-14-8/h3-4,6,9-10,16H,5H2,1-2H3,(H,15,17). The van der Waals surface area contributed by atoms with Crippen LogP contribution in [0.1, 0.15) is 30.8 Å². The van der Waals surface area contributed by atoms with Gasteiger partial charge in [-0.2, -0.15) is 0 Å². The Morgan fingerprint density at radius 1 is 1.59 bits per heavy atom. The van der Waals surface area contributed by atoms with Gasteiger partial charge in [-0.3, -0.25) is 4.79 Å². The van der Waals surface area contributed by atoms with Gasteiger partial charge in [-0.05, 0) is 34.5 Å². The first-order valence-corrected chi connectivity index (χ1v) is 6.31. The van der Waals surface area contributed by atoms with Crippen LogP contribution in [0.4, 0.5) is 0 Å². The molecule has 5 heteroatoms. The smallest absolute Gasteiger partial charge is 0.270 e. The Labute approximate surface area is 109 Å². The highest BCUT2D eigenvalue weighted by Gasteiger charge is 2.48. The van der Waals surface area contributed by atoms with Crippen LogP contribution in [-0.4, -0.2) is 28.1 Å². The zero-order valence-corrected chi connectivity index (χ0v) is 11.4. The van der Waals surface area contributed by atoms with E-state index in [9.17, 15) is 9.90 Å². The van der Waals surface area contributed by atoms with Crippen LogP contribution in [0.5, 0.6) is 0 Å². The Hall–Kier alpha value is -0.940. The van der Waals surface area contributed by atoms with Gasteiger partial charge in [-0.15, -0.1) is 0 Å². The van der Waals surface area contributed by atoms with Crippen molar-refractivity contribution in [1.29, 1.82) is 0 Å². The lowest BCUT2D eigenvalue weighted by Crippen LogP contribution is -2.61. The predicted molar refractivity (Wildman–Crippen MR) is 67.6 cm³/mol. The molecule has 1 aromatic rings. The van der Waals surface area contributed by atoms with Gasteiger partial charge in [0.1, 0.15) is 5.69 Å². The molecule has 0 aliphatic heterocycles. The summed E-state index contributed by atoms with van der Waals surface area (Å²) in [4.78, 5) is 15.9. The normalized spacial score (nSPS) is 26.1. The summed E-state index contributed by atoms with van der Waals surface area (Å²) in [6.07, 6.45) is 1.86. The van der Waals surface area contributed by atoms with Crippen LogP contribution < -0.4 is 5.32 Å². The number of carbonyl (C=O) groups is 1. The van der Waals surface area contributed by atoms with Crippen LogP contribution in [0.2, 0.25) is 0 Å². The van der Waals surface area contributed by atoms with Gasteiger partial charge in [0, 0.05) is 22.1 Å². The van der Waals surface area contributed by atoms with E-state index >= 15 is 0 Å². The third-order valence-corrected chi connectivity index (χ3v) is 3.95. The molecule has 1 aromatic heterocycles. The van der Waals surface area contributed by atoms with Gasteiger partial charge in [0.2, 0.25) is 0 Å². The highest BCUT2D eigenvalue weighted by Crippen LogP contribution is 2.40. The van der Waals surface area contributed by atoms with Crippen molar-refractivity contribution in [1.82, 2.24) is 10.3 Å². The molecule has 4 nitrogen and oxygen atoms in total. The predicted octanol–water partition coefficient (Wildman–Crippen LogP) is 1.73. The van der Waals surface area contributed by atoms with Crippen molar-refractivity contribution in [2.75, 3.05) is 0 Å². The fraction of sp³-hybridized carbons (Fsp3) is 0.500. The molecule has 0 bridgehead atoms. The molecule has 0 spiro atoms. The zero-order valence-electron chi connectivity index (χ0n) is 9.77. The topological polar surface area (TPSA) is 62.2 Å². The third kappa shape index (κ3) is 2.35. The van der Waals surface area contributed by atoms with Gasteiger partial charge in [-0.25, -0.2) is 4.98 Å². The highest BCUT2D eigenvalue weighted by atomic mass is 79.9. The second kappa shape index (κ2) is 4.38. The molecule has 2 N–H and O–H groups in total. The molecule has 1 fully saturated rings. The summed E-state index contributed by atoms with van der Waals surface area (Å²) in [6.45, 7) is 3.89. The fourth-order valence-corrected chi connectivity index (χ4v) is 2.12. The number of aliphatic hydroxyl groups is 1. The summed E-state index contributed by atoms with van der Waals surface area (Å²) in [5.74, 6) is -0.192. The van der Waals surface area contributed by atoms with Crippen LogP contribution in [-0.2, 0) is 0 Å². The Kier molecular flexibility index (Phi) is 3.23. The van der Waals surface area contributed by atoms with E-state index in [1.165, 1.54) is 0 Å². The average Bonchev–Trinajstić information content (AvgIpc) is 2.29. The lowest BCUT2D eigenvalue weighted by atomic mass is 9.64. The molecule has 2 atom stereocenters. The van der Waals surface area contributed by atoms with Crippen molar-refractivity contribution in [3.8, 4) is 0 Å². The maximum Gasteiger partial charge on any atom is 0.270 e. The Morgan fingerprint density at radius 2 is 2.29 bits per heavy atom. The van der Waals surface area contributed by atoms with Crippen molar-refractivity contribution < 1.29 is 9.90 Å². The van der Waals surface area contributed by atoms with Crippen LogP contribution in [0, 0.1) is 5.41 Å². The summed E-state index contributed by atoms with van der Waals surface area (Å²) in [7, 11) is 0. The molecule has 17 heavy (non-hydrogen) atoms. The van der Waals surface area contributed by atoms with Crippen molar-refractivity contribution >= 4 is 21.8 Å². The number of hydrogen-bond donors (Lipinski definition) is 2. The summed E-state index contributed by atoms with van der Waals surface area (Å²) < 4.78 is 0.841. The van der Waals surface area contributed by atoms with Gasteiger partial charge in [0.25, 0.3) is 5.91 Å². The molecule has 2 unspecified atom stereocenters. The largest absolute Gasteiger partial charge is 0.392 e. The molecule has 2 rings (SSSR count). The number of halogens is 1. The molecular formula is C12H15BrN2O2. The third-order valence-electron chi connectivity index (χ3n) is 3.48. The number of carbonyl (C=O) groups excluding carboxylic acids is 1. The molecule has 1 aliphatic carbocycles. The van der Waals surface area contributed by atoms with E-state index in [0.717, 1.165) is 4.47 Å². The van der Waals surface area contributed by atoms with Gasteiger partial charge >= 0.3 is 0 Å². The molecular weight excluding hydrogens is 284 g/mol. The van der Waals surface area contributed by atoms with Gasteiger partial charge in [0.15, 0.2) is 0 Å². The minimum Gasteiger partial charge on any atom is -0.392 e. The number of rotatable bonds is 2. The zero-order chi connectivity index (χ0) is 12.6. The first-order chi connectivity index (χ1) is 7.91. The van der Waals surface area contributed by atoms with Crippen molar-refractivity contribution in [2.45, 2.75) is 32.4 Å². The highest BCUT2D eigenvalue weighted by molar-refractivity contribution is 9.10. The summed E-state index contributed by atoms with van der Waals surface area (Å²) in [5, 5.41) is 12.5. The number of hydrogen-bond acceptors (Lipinski definition) is 3. The lowest BCUT2D eigenvalue weighted by Gasteiger charge is -2.49. The maximum atomic E-state index is 11.9. The summed E-state index contributed by atoms with van der Waals surface area (Å²) in [5.41, 5.74) is 0.135. The quantitative estimate of drug-likeness (QED) is 0.874. The second-order valence-electron chi connectivity index (χ2n) is 4.96. The first kappa shape index (κ1) is 12.5. The van der Waals surface area contributed by atoms with Gasteiger partial charge in [-0.1, -0.05) is 13.8 Å². The van der Waals surface area contributed by atoms with Gasteiger partial charge in [0.05, 0.1) is 6.10 Å². The molecule has 1 saturated carbocycles. The van der Waals surface area contributed by atoms with Gasteiger partial charge < -0.3 is 10.4 Å². The number of amides is 1. The molecule has 1 amide bonds. The SMILES string of the molecule is CC1(C)C(O)CC1NC(=O)c1ccc(Br)cn1. The summed E-state index contributed by atoms with van der Waals surface area (Å²) >= 11 is 3.27. The van der Waals surface area contributed by atoms with Crippen LogP contribution in [0.25, 0.3) is 0 Å². The van der Waals surface area contributed by atoms with E-state index in [0.29, 0.717) is 12.1 Å². The molecule has 0 radical (unpaired) electrons. The van der Waals surface area contributed by atoms with E-state index in [1.807, 2.05) is 13.8 Å². The monoisotopic (exact) mass is 298 g/mol. The Morgan fingerprint density at radius 3 is 2.76 bits per heavy atom. The first-order valence-electron chi connectivity index (χ1n) is 5.51. The number of nitrogens with one attached hydrogen (secondary N) is 1. The van der Waals surface area contributed by atoms with Crippen LogP contribution >= 0.6 is 15.9 Å². The van der Waals surface area contributed by atoms with E-state index in [1.54, 1.807) is 18.3 Å². The van der Waals surface area contributed by atoms with Crippen molar-refractivity contribution in [3.05, 3.63) is 28.5 Å². The van der Waals surface area contributed by atoms with Crippen LogP contribution in [0.15, 0.2) is 22.8 Å². The van der Waals surface area contributed by atoms with E-state index in [-0.39, 0.29) is 23.5 Å². The molecule has 0 aromatic carbocycles. The number of pyridine rings is 1. The molecule has 92 valence electrons. The maximum absolute atomic E-state index is 11.9. The molecule has 0 saturated heterocycles. The number of aliphatic hydroxyl groups excluding tert-OH is 1. The minimum absolute atomic E-state index is 0.00967. The number of aromatic nitrogens is 1. The van der Waals surface area contributed by atoms with E-state index < -0.39 is 0 Å².